The lowest BCUT2D eigenvalue weighted by Gasteiger charge is -2.42. The van der Waals surface area contributed by atoms with Gasteiger partial charge < -0.3 is 15.0 Å². The first-order chi connectivity index (χ1) is 13.1. The third-order valence-corrected chi connectivity index (χ3v) is 5.17. The molecule has 2 aliphatic heterocycles. The number of nitro benzene ring substituents is 1. The minimum Gasteiger partial charge on any atom is -0.481 e. The molecule has 0 aliphatic carbocycles. The molecule has 2 aromatic carbocycles. The molecule has 0 aromatic heterocycles. The van der Waals surface area contributed by atoms with Crippen LogP contribution in [0.3, 0.4) is 0 Å². The van der Waals surface area contributed by atoms with Crippen LogP contribution in [0.25, 0.3) is 0 Å². The SMILES string of the molecule is CCOC1=N[C@@H]2Nc3ccccc3N(CC)[C@H]2[C@H]1c1ccc([N+](=O)[O-])cc1. The Labute approximate surface area is 157 Å². The number of nitrogens with one attached hydrogen (secondary N) is 1. The van der Waals surface area contributed by atoms with E-state index in [-0.39, 0.29) is 28.7 Å². The van der Waals surface area contributed by atoms with E-state index in [4.69, 9.17) is 9.73 Å². The first kappa shape index (κ1) is 17.3. The predicted molar refractivity (Wildman–Crippen MR) is 106 cm³/mol. The number of para-hydroxylation sites is 2. The van der Waals surface area contributed by atoms with Crippen molar-refractivity contribution in [2.45, 2.75) is 32.0 Å². The summed E-state index contributed by atoms with van der Waals surface area (Å²) in [5.74, 6) is 0.594. The van der Waals surface area contributed by atoms with Crippen molar-refractivity contribution in [3.63, 3.8) is 0 Å². The van der Waals surface area contributed by atoms with Gasteiger partial charge in [-0.25, -0.2) is 4.99 Å². The standard InChI is InChI=1S/C20H22N4O3/c1-3-23-16-8-6-5-7-15(16)21-19-18(23)17(20(22-19)27-4-2)13-9-11-14(12-10-13)24(25)26/h5-12,17-19,21H,3-4H2,1-2H3/t17-,18+,19+/m1/s1. The number of non-ortho nitro benzene ring substituents is 1. The van der Waals surface area contributed by atoms with Gasteiger partial charge in [0.05, 0.1) is 34.9 Å². The Balaban J connectivity index is 1.77. The summed E-state index contributed by atoms with van der Waals surface area (Å²) < 4.78 is 5.88. The predicted octanol–water partition coefficient (Wildman–Crippen LogP) is 3.77. The van der Waals surface area contributed by atoms with Crippen LogP contribution in [0.15, 0.2) is 53.5 Å². The van der Waals surface area contributed by atoms with Crippen molar-refractivity contribution < 1.29 is 9.66 Å². The molecule has 0 saturated heterocycles. The molecule has 1 N–H and O–H groups in total. The normalized spacial score (nSPS) is 23.1. The Morgan fingerprint density at radius 2 is 1.93 bits per heavy atom. The van der Waals surface area contributed by atoms with Gasteiger partial charge in [-0.05, 0) is 31.5 Å². The van der Waals surface area contributed by atoms with Gasteiger partial charge in [0, 0.05) is 18.7 Å². The fraction of sp³-hybridized carbons (Fsp3) is 0.350. The van der Waals surface area contributed by atoms with Crippen molar-refractivity contribution in [2.24, 2.45) is 4.99 Å². The molecule has 0 amide bonds. The summed E-state index contributed by atoms with van der Waals surface area (Å²) in [6.07, 6.45) is -0.124. The zero-order valence-electron chi connectivity index (χ0n) is 15.3. The van der Waals surface area contributed by atoms with E-state index in [9.17, 15) is 10.1 Å². The Morgan fingerprint density at radius 1 is 1.19 bits per heavy atom. The molecule has 0 bridgehead atoms. The van der Waals surface area contributed by atoms with Gasteiger partial charge in [-0.2, -0.15) is 0 Å². The van der Waals surface area contributed by atoms with Gasteiger partial charge >= 0.3 is 0 Å². The minimum atomic E-state index is -0.379. The molecule has 140 valence electrons. The molecule has 0 saturated carbocycles. The van der Waals surface area contributed by atoms with E-state index in [1.165, 1.54) is 0 Å². The summed E-state index contributed by atoms with van der Waals surface area (Å²) in [6, 6.07) is 15.0. The largest absolute Gasteiger partial charge is 0.481 e. The topological polar surface area (TPSA) is 80.0 Å². The van der Waals surface area contributed by atoms with E-state index in [2.05, 4.69) is 29.3 Å². The van der Waals surface area contributed by atoms with Gasteiger partial charge in [0.15, 0.2) is 5.90 Å². The number of ether oxygens (including phenoxy) is 1. The average molecular weight is 366 g/mol. The number of hydrogen-bond acceptors (Lipinski definition) is 6. The van der Waals surface area contributed by atoms with E-state index in [0.29, 0.717) is 12.5 Å². The van der Waals surface area contributed by atoms with Crippen LogP contribution < -0.4 is 10.2 Å². The van der Waals surface area contributed by atoms with Crippen molar-refractivity contribution in [1.82, 2.24) is 0 Å². The number of likely N-dealkylation sites (N-methyl/N-ethyl adjacent to an activating group) is 1. The first-order valence-electron chi connectivity index (χ1n) is 9.21. The van der Waals surface area contributed by atoms with Gasteiger partial charge in [0.1, 0.15) is 6.17 Å². The zero-order chi connectivity index (χ0) is 19.0. The zero-order valence-corrected chi connectivity index (χ0v) is 15.3. The summed E-state index contributed by atoms with van der Waals surface area (Å²) in [5, 5.41) is 14.5. The number of nitrogens with zero attached hydrogens (tertiary/aromatic N) is 3. The van der Waals surface area contributed by atoms with Crippen molar-refractivity contribution in [2.75, 3.05) is 23.4 Å². The van der Waals surface area contributed by atoms with Crippen molar-refractivity contribution in [3.05, 3.63) is 64.2 Å². The third-order valence-electron chi connectivity index (χ3n) is 5.17. The summed E-state index contributed by atoms with van der Waals surface area (Å²) in [4.78, 5) is 17.8. The van der Waals surface area contributed by atoms with Crippen molar-refractivity contribution in [1.29, 1.82) is 0 Å². The van der Waals surface area contributed by atoms with Crippen LogP contribution in [0.5, 0.6) is 0 Å². The average Bonchev–Trinajstić information content (AvgIpc) is 3.04. The molecule has 0 unspecified atom stereocenters. The molecule has 2 heterocycles. The molecular weight excluding hydrogens is 344 g/mol. The van der Waals surface area contributed by atoms with Gasteiger partial charge in [-0.3, -0.25) is 10.1 Å². The van der Waals surface area contributed by atoms with E-state index < -0.39 is 0 Å². The van der Waals surface area contributed by atoms with Crippen LogP contribution in [0.2, 0.25) is 0 Å². The number of benzene rings is 2. The maximum absolute atomic E-state index is 11.0. The molecule has 0 spiro atoms. The highest BCUT2D eigenvalue weighted by Crippen LogP contribution is 2.43. The molecule has 2 aromatic rings. The fourth-order valence-corrected chi connectivity index (χ4v) is 4.06. The number of fused-ring (bicyclic) bond motifs is 2. The molecule has 4 rings (SSSR count). The number of hydrogen-bond donors (Lipinski definition) is 1. The summed E-state index contributed by atoms with van der Waals surface area (Å²) in [7, 11) is 0. The highest BCUT2D eigenvalue weighted by atomic mass is 16.6. The quantitative estimate of drug-likeness (QED) is 0.658. The monoisotopic (exact) mass is 366 g/mol. The lowest BCUT2D eigenvalue weighted by atomic mass is 9.88. The molecule has 7 nitrogen and oxygen atoms in total. The number of anilines is 2. The van der Waals surface area contributed by atoms with Crippen molar-refractivity contribution >= 4 is 23.0 Å². The number of aliphatic imine (C=N–C) groups is 1. The van der Waals surface area contributed by atoms with Crippen LogP contribution in [0.1, 0.15) is 25.3 Å². The number of rotatable bonds is 4. The second-order valence-corrected chi connectivity index (χ2v) is 6.61. The van der Waals surface area contributed by atoms with Crippen LogP contribution in [0, 0.1) is 10.1 Å². The molecule has 0 fully saturated rings. The van der Waals surface area contributed by atoms with Crippen molar-refractivity contribution in [3.8, 4) is 0 Å². The van der Waals surface area contributed by atoms with Crippen LogP contribution in [-0.2, 0) is 4.74 Å². The highest BCUT2D eigenvalue weighted by Gasteiger charge is 2.47. The summed E-state index contributed by atoms with van der Waals surface area (Å²) in [6.45, 7) is 5.43. The van der Waals surface area contributed by atoms with E-state index >= 15 is 0 Å². The van der Waals surface area contributed by atoms with Crippen LogP contribution in [0.4, 0.5) is 17.1 Å². The van der Waals surface area contributed by atoms with E-state index in [1.54, 1.807) is 12.1 Å². The molecule has 27 heavy (non-hydrogen) atoms. The third kappa shape index (κ3) is 2.89. The molecule has 3 atom stereocenters. The number of nitro groups is 1. The summed E-state index contributed by atoms with van der Waals surface area (Å²) in [5.41, 5.74) is 3.26. The van der Waals surface area contributed by atoms with Gasteiger partial charge in [-0.1, -0.05) is 24.3 Å². The Kier molecular flexibility index (Phi) is 4.43. The van der Waals surface area contributed by atoms with Gasteiger partial charge in [0.25, 0.3) is 5.69 Å². The first-order valence-corrected chi connectivity index (χ1v) is 9.21. The Morgan fingerprint density at radius 3 is 2.59 bits per heavy atom. The van der Waals surface area contributed by atoms with Gasteiger partial charge in [-0.15, -0.1) is 0 Å². The molecular formula is C20H22N4O3. The van der Waals surface area contributed by atoms with Crippen LogP contribution >= 0.6 is 0 Å². The lowest BCUT2D eigenvalue weighted by Crippen LogP contribution is -2.51. The minimum absolute atomic E-state index is 0.0490. The Bertz CT molecular complexity index is 881. The second kappa shape index (κ2) is 6.90. The van der Waals surface area contributed by atoms with E-state index in [1.807, 2.05) is 31.2 Å². The van der Waals surface area contributed by atoms with Gasteiger partial charge in [0.2, 0.25) is 0 Å². The molecule has 7 heteroatoms. The van der Waals surface area contributed by atoms with Crippen LogP contribution in [-0.4, -0.2) is 36.2 Å². The smallest absolute Gasteiger partial charge is 0.269 e. The van der Waals surface area contributed by atoms with E-state index in [0.717, 1.165) is 23.5 Å². The fourth-order valence-electron chi connectivity index (χ4n) is 4.06. The lowest BCUT2D eigenvalue weighted by molar-refractivity contribution is -0.384. The molecule has 2 aliphatic rings. The maximum atomic E-state index is 11.0. The second-order valence-electron chi connectivity index (χ2n) is 6.61. The molecule has 0 radical (unpaired) electrons. The Hall–Kier alpha value is -3.09. The maximum Gasteiger partial charge on any atom is 0.269 e. The summed E-state index contributed by atoms with van der Waals surface area (Å²) >= 11 is 0. The highest BCUT2D eigenvalue weighted by molar-refractivity contribution is 5.90.